The number of imide groups is 1. The van der Waals surface area contributed by atoms with Crippen molar-refractivity contribution in [1.82, 2.24) is 9.47 Å². The first-order valence-corrected chi connectivity index (χ1v) is 7.02. The lowest BCUT2D eigenvalue weighted by Gasteiger charge is -2.15. The third-order valence-electron chi connectivity index (χ3n) is 3.75. The fourth-order valence-corrected chi connectivity index (χ4v) is 2.52. The summed E-state index contributed by atoms with van der Waals surface area (Å²) in [6.45, 7) is -0.401. The molecule has 0 fully saturated rings. The molecule has 1 aromatic heterocycles. The number of pyridine rings is 1. The molecule has 0 unspecified atom stereocenters. The van der Waals surface area contributed by atoms with Gasteiger partial charge in [-0.3, -0.25) is 19.3 Å². The normalized spacial score (nSPS) is 14.2. The van der Waals surface area contributed by atoms with E-state index in [1.54, 1.807) is 12.1 Å². The Morgan fingerprint density at radius 2 is 1.42 bits per heavy atom. The van der Waals surface area contributed by atoms with Crippen molar-refractivity contribution in [3.05, 3.63) is 69.6 Å². The van der Waals surface area contributed by atoms with Gasteiger partial charge in [0.1, 0.15) is 0 Å². The summed E-state index contributed by atoms with van der Waals surface area (Å²) in [5.41, 5.74) is -1.11. The number of carbonyl (C=O) groups is 2. The lowest BCUT2D eigenvalue weighted by atomic mass is 10.1. The number of halogens is 3. The van der Waals surface area contributed by atoms with Crippen molar-refractivity contribution in [2.45, 2.75) is 12.7 Å². The van der Waals surface area contributed by atoms with E-state index >= 15 is 0 Å². The van der Waals surface area contributed by atoms with E-state index < -0.39 is 29.1 Å². The standard InChI is InChI=1S/C16H11F3N2O3/c17-16(18,19)10-5-6-13(22)20(9-10)7-8-21-14(23)11-3-1-2-4-12(11)15(21)24/h1-6,9H,7-8H2. The third-order valence-corrected chi connectivity index (χ3v) is 3.75. The number of rotatable bonds is 3. The fourth-order valence-electron chi connectivity index (χ4n) is 2.52. The maximum atomic E-state index is 12.7. The minimum Gasteiger partial charge on any atom is -0.313 e. The van der Waals surface area contributed by atoms with Crippen LogP contribution in [0.3, 0.4) is 0 Å². The molecule has 24 heavy (non-hydrogen) atoms. The van der Waals surface area contributed by atoms with E-state index in [1.807, 2.05) is 0 Å². The number of amides is 2. The minimum absolute atomic E-state index is 0.187. The Bertz CT molecular complexity index is 852. The molecule has 0 aliphatic carbocycles. The van der Waals surface area contributed by atoms with E-state index in [4.69, 9.17) is 0 Å². The van der Waals surface area contributed by atoms with Crippen molar-refractivity contribution >= 4 is 11.8 Å². The molecule has 2 heterocycles. The summed E-state index contributed by atoms with van der Waals surface area (Å²) in [5.74, 6) is -1.04. The van der Waals surface area contributed by atoms with Crippen LogP contribution in [0, 0.1) is 0 Å². The zero-order valence-corrected chi connectivity index (χ0v) is 12.2. The van der Waals surface area contributed by atoms with Crippen LogP contribution in [0.4, 0.5) is 13.2 Å². The average molecular weight is 336 g/mol. The molecule has 2 aromatic rings. The van der Waals surface area contributed by atoms with Crippen molar-refractivity contribution in [3.63, 3.8) is 0 Å². The first-order valence-electron chi connectivity index (χ1n) is 7.02. The maximum Gasteiger partial charge on any atom is 0.417 e. The van der Waals surface area contributed by atoms with Crippen molar-refractivity contribution in [1.29, 1.82) is 0 Å². The highest BCUT2D eigenvalue weighted by Crippen LogP contribution is 2.28. The summed E-state index contributed by atoms with van der Waals surface area (Å²) in [6, 6.07) is 7.75. The lowest BCUT2D eigenvalue weighted by molar-refractivity contribution is -0.138. The van der Waals surface area contributed by atoms with Crippen LogP contribution in [0.1, 0.15) is 26.3 Å². The summed E-state index contributed by atoms with van der Waals surface area (Å²) in [5, 5.41) is 0. The molecule has 2 amide bonds. The van der Waals surface area contributed by atoms with Gasteiger partial charge in [0.05, 0.1) is 16.7 Å². The Morgan fingerprint density at radius 3 is 1.96 bits per heavy atom. The Hall–Kier alpha value is -2.90. The molecule has 1 aromatic carbocycles. The van der Waals surface area contributed by atoms with Gasteiger partial charge in [0.15, 0.2) is 0 Å². The number of hydrogen-bond donors (Lipinski definition) is 0. The van der Waals surface area contributed by atoms with Crippen LogP contribution in [0.5, 0.6) is 0 Å². The highest BCUT2D eigenvalue weighted by Gasteiger charge is 2.35. The first kappa shape index (κ1) is 16.0. The van der Waals surface area contributed by atoms with Crippen molar-refractivity contribution in [2.75, 3.05) is 6.54 Å². The topological polar surface area (TPSA) is 59.4 Å². The van der Waals surface area contributed by atoms with Gasteiger partial charge in [-0.15, -0.1) is 0 Å². The van der Waals surface area contributed by atoms with Crippen LogP contribution >= 0.6 is 0 Å². The molecule has 0 saturated heterocycles. The second-order valence-electron chi connectivity index (χ2n) is 5.25. The molecule has 0 bridgehead atoms. The number of fused-ring (bicyclic) bond motifs is 1. The number of alkyl halides is 3. The summed E-state index contributed by atoms with van der Waals surface area (Å²) in [7, 11) is 0. The van der Waals surface area contributed by atoms with Crippen molar-refractivity contribution in [2.24, 2.45) is 0 Å². The second-order valence-corrected chi connectivity index (χ2v) is 5.25. The van der Waals surface area contributed by atoms with E-state index in [0.29, 0.717) is 12.3 Å². The van der Waals surface area contributed by atoms with Crippen LogP contribution in [-0.4, -0.2) is 27.8 Å². The van der Waals surface area contributed by atoms with E-state index in [9.17, 15) is 27.6 Å². The van der Waals surface area contributed by atoms with Crippen LogP contribution in [0.2, 0.25) is 0 Å². The average Bonchev–Trinajstić information content (AvgIpc) is 2.78. The van der Waals surface area contributed by atoms with Gasteiger partial charge in [0.2, 0.25) is 0 Å². The number of hydrogen-bond acceptors (Lipinski definition) is 3. The number of benzene rings is 1. The Balaban J connectivity index is 1.82. The monoisotopic (exact) mass is 336 g/mol. The molecule has 0 N–H and O–H groups in total. The van der Waals surface area contributed by atoms with E-state index in [1.165, 1.54) is 12.1 Å². The number of carbonyl (C=O) groups excluding carboxylic acids is 2. The van der Waals surface area contributed by atoms with Gasteiger partial charge in [-0.25, -0.2) is 0 Å². The van der Waals surface area contributed by atoms with Crippen LogP contribution in [-0.2, 0) is 12.7 Å². The second kappa shape index (κ2) is 5.63. The zero-order valence-electron chi connectivity index (χ0n) is 12.2. The molecule has 0 atom stereocenters. The predicted molar refractivity (Wildman–Crippen MR) is 77.5 cm³/mol. The van der Waals surface area contributed by atoms with Gasteiger partial charge in [0.25, 0.3) is 17.4 Å². The van der Waals surface area contributed by atoms with E-state index in [2.05, 4.69) is 0 Å². The fraction of sp³-hybridized carbons (Fsp3) is 0.188. The summed E-state index contributed by atoms with van der Waals surface area (Å²) >= 11 is 0. The highest BCUT2D eigenvalue weighted by atomic mass is 19.4. The van der Waals surface area contributed by atoms with Crippen LogP contribution in [0.25, 0.3) is 0 Å². The Kier molecular flexibility index (Phi) is 3.75. The predicted octanol–water partition coefficient (Wildman–Crippen LogP) is 2.16. The van der Waals surface area contributed by atoms with Gasteiger partial charge in [0, 0.05) is 25.4 Å². The van der Waals surface area contributed by atoms with Crippen molar-refractivity contribution in [3.8, 4) is 0 Å². The Morgan fingerprint density at radius 1 is 0.833 bits per heavy atom. The molecular formula is C16H11F3N2O3. The molecule has 1 aliphatic heterocycles. The van der Waals surface area contributed by atoms with Crippen LogP contribution < -0.4 is 5.56 Å². The molecule has 0 spiro atoms. The van der Waals surface area contributed by atoms with Crippen LogP contribution in [0.15, 0.2) is 47.4 Å². The SMILES string of the molecule is O=C1c2ccccc2C(=O)N1CCn1cc(C(F)(F)F)ccc1=O. The van der Waals surface area contributed by atoms with Gasteiger partial charge < -0.3 is 4.57 Å². The van der Waals surface area contributed by atoms with Gasteiger partial charge in [-0.05, 0) is 18.2 Å². The summed E-state index contributed by atoms with van der Waals surface area (Å²) in [4.78, 5) is 37.0. The minimum atomic E-state index is -4.58. The van der Waals surface area contributed by atoms with E-state index in [-0.39, 0.29) is 24.2 Å². The molecule has 0 radical (unpaired) electrons. The van der Waals surface area contributed by atoms with Gasteiger partial charge in [-0.1, -0.05) is 12.1 Å². The van der Waals surface area contributed by atoms with Gasteiger partial charge in [-0.2, -0.15) is 13.2 Å². The zero-order chi connectivity index (χ0) is 17.5. The van der Waals surface area contributed by atoms with Crippen molar-refractivity contribution < 1.29 is 22.8 Å². The largest absolute Gasteiger partial charge is 0.417 e. The molecular weight excluding hydrogens is 325 g/mol. The molecule has 1 aliphatic rings. The van der Waals surface area contributed by atoms with Gasteiger partial charge >= 0.3 is 6.18 Å². The maximum absolute atomic E-state index is 12.7. The molecule has 3 rings (SSSR count). The highest BCUT2D eigenvalue weighted by molar-refractivity contribution is 6.21. The molecule has 8 heteroatoms. The molecule has 0 saturated carbocycles. The third kappa shape index (κ3) is 2.70. The quantitative estimate of drug-likeness (QED) is 0.807. The lowest BCUT2D eigenvalue weighted by Crippen LogP contribution is -2.35. The van der Waals surface area contributed by atoms with E-state index in [0.717, 1.165) is 15.5 Å². The Labute approximate surface area is 133 Å². The smallest absolute Gasteiger partial charge is 0.313 e. The number of nitrogens with zero attached hydrogens (tertiary/aromatic N) is 2. The summed E-state index contributed by atoms with van der Waals surface area (Å²) < 4.78 is 39.0. The molecule has 124 valence electrons. The number of aromatic nitrogens is 1. The first-order chi connectivity index (χ1) is 11.3. The molecule has 5 nitrogen and oxygen atoms in total. The summed E-state index contributed by atoms with van der Waals surface area (Å²) in [6.07, 6.45) is -3.90.